The molecule has 1 amide bonds. The van der Waals surface area contributed by atoms with Crippen molar-refractivity contribution >= 4 is 5.91 Å². The summed E-state index contributed by atoms with van der Waals surface area (Å²) in [5.74, 6) is 1.17. The Labute approximate surface area is 142 Å². The van der Waals surface area contributed by atoms with Gasteiger partial charge in [-0.1, -0.05) is 36.4 Å². The molecule has 0 saturated carbocycles. The van der Waals surface area contributed by atoms with Crippen molar-refractivity contribution in [3.05, 3.63) is 59.7 Å². The molecular formula is C19H24N2O3. The molecule has 5 nitrogen and oxygen atoms in total. The van der Waals surface area contributed by atoms with E-state index in [9.17, 15) is 4.79 Å². The third-order valence-electron chi connectivity index (χ3n) is 3.63. The van der Waals surface area contributed by atoms with Crippen LogP contribution in [0.5, 0.6) is 11.5 Å². The number of nitrogens with two attached hydrogens (primary N) is 1. The topological polar surface area (TPSA) is 73.6 Å². The average Bonchev–Trinajstić information content (AvgIpc) is 2.61. The SMILES string of the molecule is CCOc1ccc(CNC(=O)[C@@H](N)Cc2ccccc2)cc1OC. The molecule has 3 N–H and O–H groups in total. The molecule has 128 valence electrons. The highest BCUT2D eigenvalue weighted by molar-refractivity contribution is 5.81. The number of nitrogens with one attached hydrogen (secondary N) is 1. The van der Waals surface area contributed by atoms with Gasteiger partial charge in [0.2, 0.25) is 5.91 Å². The molecule has 2 aromatic carbocycles. The summed E-state index contributed by atoms with van der Waals surface area (Å²) in [7, 11) is 1.59. The predicted octanol–water partition coefficient (Wildman–Crippen LogP) is 2.28. The van der Waals surface area contributed by atoms with Gasteiger partial charge in [0.15, 0.2) is 11.5 Å². The lowest BCUT2D eigenvalue weighted by Crippen LogP contribution is -2.41. The van der Waals surface area contributed by atoms with Crippen molar-refractivity contribution in [1.82, 2.24) is 5.32 Å². The zero-order valence-electron chi connectivity index (χ0n) is 14.1. The maximum Gasteiger partial charge on any atom is 0.237 e. The van der Waals surface area contributed by atoms with E-state index < -0.39 is 6.04 Å². The molecule has 0 spiro atoms. The van der Waals surface area contributed by atoms with E-state index in [1.807, 2.05) is 55.5 Å². The highest BCUT2D eigenvalue weighted by Crippen LogP contribution is 2.27. The molecular weight excluding hydrogens is 304 g/mol. The van der Waals surface area contributed by atoms with Crippen LogP contribution in [0, 0.1) is 0 Å². The third-order valence-corrected chi connectivity index (χ3v) is 3.63. The molecule has 1 atom stereocenters. The zero-order valence-corrected chi connectivity index (χ0v) is 14.1. The van der Waals surface area contributed by atoms with E-state index in [4.69, 9.17) is 15.2 Å². The first-order valence-corrected chi connectivity index (χ1v) is 8.01. The molecule has 0 bridgehead atoms. The summed E-state index contributed by atoms with van der Waals surface area (Å²) >= 11 is 0. The molecule has 0 aliphatic rings. The Morgan fingerprint density at radius 1 is 1.12 bits per heavy atom. The summed E-state index contributed by atoms with van der Waals surface area (Å²) in [4.78, 5) is 12.2. The first-order chi connectivity index (χ1) is 11.6. The second kappa shape index (κ2) is 8.93. The van der Waals surface area contributed by atoms with E-state index in [-0.39, 0.29) is 5.91 Å². The number of methoxy groups -OCH3 is 1. The van der Waals surface area contributed by atoms with Crippen LogP contribution in [0.2, 0.25) is 0 Å². The van der Waals surface area contributed by atoms with Gasteiger partial charge in [0.05, 0.1) is 19.8 Å². The van der Waals surface area contributed by atoms with Gasteiger partial charge >= 0.3 is 0 Å². The van der Waals surface area contributed by atoms with Crippen LogP contribution >= 0.6 is 0 Å². The van der Waals surface area contributed by atoms with Gasteiger partial charge in [0.1, 0.15) is 0 Å². The van der Waals surface area contributed by atoms with Crippen molar-refractivity contribution in [1.29, 1.82) is 0 Å². The number of hydrogen-bond acceptors (Lipinski definition) is 4. The van der Waals surface area contributed by atoms with E-state index in [1.165, 1.54) is 0 Å². The van der Waals surface area contributed by atoms with E-state index in [2.05, 4.69) is 5.32 Å². The van der Waals surface area contributed by atoms with Crippen LogP contribution < -0.4 is 20.5 Å². The smallest absolute Gasteiger partial charge is 0.237 e. The van der Waals surface area contributed by atoms with Gasteiger partial charge in [-0.3, -0.25) is 4.79 Å². The first kappa shape index (κ1) is 17.8. The van der Waals surface area contributed by atoms with E-state index in [0.717, 1.165) is 11.1 Å². The van der Waals surface area contributed by atoms with Gasteiger partial charge in [-0.2, -0.15) is 0 Å². The number of ether oxygens (including phenoxy) is 2. The standard InChI is InChI=1S/C19H24N2O3/c1-3-24-17-10-9-15(12-18(17)23-2)13-21-19(22)16(20)11-14-7-5-4-6-8-14/h4-10,12,16H,3,11,13,20H2,1-2H3,(H,21,22)/t16-/m0/s1. The van der Waals surface area contributed by atoms with Crippen LogP contribution in [0.3, 0.4) is 0 Å². The summed E-state index contributed by atoms with van der Waals surface area (Å²) in [6.45, 7) is 2.88. The van der Waals surface area contributed by atoms with Crippen LogP contribution in [0.1, 0.15) is 18.1 Å². The molecule has 0 aromatic heterocycles. The van der Waals surface area contributed by atoms with Crippen molar-refractivity contribution < 1.29 is 14.3 Å². The fourth-order valence-electron chi connectivity index (χ4n) is 2.38. The number of amides is 1. The maximum atomic E-state index is 12.2. The summed E-state index contributed by atoms with van der Waals surface area (Å²) in [5, 5.41) is 2.86. The quantitative estimate of drug-likeness (QED) is 0.780. The predicted molar refractivity (Wildman–Crippen MR) is 94.1 cm³/mol. The van der Waals surface area contributed by atoms with E-state index in [1.54, 1.807) is 7.11 Å². The van der Waals surface area contributed by atoms with Gasteiger partial charge < -0.3 is 20.5 Å². The molecule has 0 radical (unpaired) electrons. The van der Waals surface area contributed by atoms with E-state index in [0.29, 0.717) is 31.1 Å². The Hall–Kier alpha value is -2.53. The Balaban J connectivity index is 1.91. The molecule has 0 unspecified atom stereocenters. The molecule has 0 aliphatic carbocycles. The Morgan fingerprint density at radius 3 is 2.54 bits per heavy atom. The van der Waals surface area contributed by atoms with Gasteiger partial charge in [0.25, 0.3) is 0 Å². The van der Waals surface area contributed by atoms with Crippen LogP contribution in [-0.4, -0.2) is 25.7 Å². The zero-order chi connectivity index (χ0) is 17.4. The number of hydrogen-bond donors (Lipinski definition) is 2. The average molecular weight is 328 g/mol. The largest absolute Gasteiger partial charge is 0.493 e. The van der Waals surface area contributed by atoms with Gasteiger partial charge in [-0.15, -0.1) is 0 Å². The molecule has 2 aromatic rings. The van der Waals surface area contributed by atoms with Crippen LogP contribution in [0.25, 0.3) is 0 Å². The Morgan fingerprint density at radius 2 is 1.88 bits per heavy atom. The van der Waals surface area contributed by atoms with Crippen molar-refractivity contribution in [3.63, 3.8) is 0 Å². The van der Waals surface area contributed by atoms with Crippen molar-refractivity contribution in [2.75, 3.05) is 13.7 Å². The lowest BCUT2D eigenvalue weighted by Gasteiger charge is -2.14. The monoisotopic (exact) mass is 328 g/mol. The minimum atomic E-state index is -0.572. The van der Waals surface area contributed by atoms with Crippen molar-refractivity contribution in [2.24, 2.45) is 5.73 Å². The highest BCUT2D eigenvalue weighted by atomic mass is 16.5. The summed E-state index contributed by atoms with van der Waals surface area (Å²) < 4.78 is 10.8. The molecule has 0 heterocycles. The lowest BCUT2D eigenvalue weighted by molar-refractivity contribution is -0.122. The summed E-state index contributed by atoms with van der Waals surface area (Å²) in [6, 6.07) is 14.8. The molecule has 0 fully saturated rings. The van der Waals surface area contributed by atoms with Gasteiger partial charge in [0, 0.05) is 6.54 Å². The molecule has 0 aliphatic heterocycles. The fourth-order valence-corrected chi connectivity index (χ4v) is 2.38. The second-order valence-corrected chi connectivity index (χ2v) is 5.43. The number of carbonyl (C=O) groups is 1. The normalized spacial score (nSPS) is 11.6. The highest BCUT2D eigenvalue weighted by Gasteiger charge is 2.14. The molecule has 24 heavy (non-hydrogen) atoms. The Bertz CT molecular complexity index is 659. The molecule has 2 rings (SSSR count). The fraction of sp³-hybridized carbons (Fsp3) is 0.316. The third kappa shape index (κ3) is 4.99. The summed E-state index contributed by atoms with van der Waals surface area (Å²) in [6.07, 6.45) is 0.513. The molecule has 5 heteroatoms. The maximum absolute atomic E-state index is 12.2. The second-order valence-electron chi connectivity index (χ2n) is 5.43. The van der Waals surface area contributed by atoms with Crippen molar-refractivity contribution in [2.45, 2.75) is 25.9 Å². The number of benzene rings is 2. The van der Waals surface area contributed by atoms with Crippen LogP contribution in [0.15, 0.2) is 48.5 Å². The number of rotatable bonds is 8. The van der Waals surface area contributed by atoms with Crippen LogP contribution in [0.4, 0.5) is 0 Å². The van der Waals surface area contributed by atoms with Crippen molar-refractivity contribution in [3.8, 4) is 11.5 Å². The first-order valence-electron chi connectivity index (χ1n) is 8.01. The number of carbonyl (C=O) groups excluding carboxylic acids is 1. The summed E-state index contributed by atoms with van der Waals surface area (Å²) in [5.41, 5.74) is 7.95. The molecule has 0 saturated heterocycles. The minimum Gasteiger partial charge on any atom is -0.493 e. The van der Waals surface area contributed by atoms with Gasteiger partial charge in [-0.05, 0) is 36.6 Å². The van der Waals surface area contributed by atoms with Gasteiger partial charge in [-0.25, -0.2) is 0 Å². The van der Waals surface area contributed by atoms with Crippen LogP contribution in [-0.2, 0) is 17.8 Å². The van der Waals surface area contributed by atoms with E-state index >= 15 is 0 Å². The minimum absolute atomic E-state index is 0.174. The lowest BCUT2D eigenvalue weighted by atomic mass is 10.1. The Kier molecular flexibility index (Phi) is 6.63.